The third kappa shape index (κ3) is 4.50. The molecule has 0 saturated carbocycles. The van der Waals surface area contributed by atoms with E-state index in [1.54, 1.807) is 0 Å². The number of hydrogen-bond acceptors (Lipinski definition) is 2. The van der Waals surface area contributed by atoms with Gasteiger partial charge in [0, 0.05) is 6.42 Å². The van der Waals surface area contributed by atoms with Crippen LogP contribution in [0.25, 0.3) is 0 Å². The molecule has 1 amide bonds. The van der Waals surface area contributed by atoms with Gasteiger partial charge in [0.15, 0.2) is 0 Å². The van der Waals surface area contributed by atoms with E-state index < -0.39 is 12.0 Å². The van der Waals surface area contributed by atoms with Gasteiger partial charge in [-0.3, -0.25) is 4.79 Å². The van der Waals surface area contributed by atoms with Gasteiger partial charge in [0.05, 0.1) is 0 Å². The van der Waals surface area contributed by atoms with E-state index >= 15 is 0 Å². The molecule has 1 atom stereocenters. The van der Waals surface area contributed by atoms with Crippen LogP contribution in [-0.2, 0) is 21.4 Å². The van der Waals surface area contributed by atoms with Gasteiger partial charge in [-0.05, 0) is 16.5 Å². The van der Waals surface area contributed by atoms with E-state index in [-0.39, 0.29) is 11.8 Å². The van der Waals surface area contributed by atoms with Crippen molar-refractivity contribution in [1.29, 1.82) is 0 Å². The Morgan fingerprint density at radius 2 is 1.84 bits per heavy atom. The van der Waals surface area contributed by atoms with E-state index in [1.807, 2.05) is 24.3 Å². The van der Waals surface area contributed by atoms with E-state index in [1.165, 1.54) is 12.0 Å². The Balaban J connectivity index is 0.00000324. The van der Waals surface area contributed by atoms with Crippen molar-refractivity contribution in [3.05, 3.63) is 35.4 Å². The zero-order chi connectivity index (χ0) is 13.8. The first kappa shape index (κ1) is 16.2. The van der Waals surface area contributed by atoms with E-state index in [9.17, 15) is 9.59 Å². The number of hydrogen-bond donors (Lipinski definition) is 2. The quantitative estimate of drug-likeness (QED) is 0.473. The molecule has 0 bridgehead atoms. The first-order valence-corrected chi connectivity index (χ1v) is 5.79. The predicted molar refractivity (Wildman–Crippen MR) is 69.1 cm³/mol. The molecule has 0 saturated heterocycles. The van der Waals surface area contributed by atoms with Crippen molar-refractivity contribution in [3.63, 3.8) is 0 Å². The second-order valence-electron chi connectivity index (χ2n) is 5.29. The minimum absolute atomic E-state index is 0. The fourth-order valence-electron chi connectivity index (χ4n) is 1.65. The molecule has 1 aromatic rings. The van der Waals surface area contributed by atoms with Crippen molar-refractivity contribution in [1.82, 2.24) is 5.32 Å². The molecule has 110 valence electrons. The molecular weight excluding hydrogens is 487 g/mol. The minimum Gasteiger partial charge on any atom is -0.520 e. The van der Waals surface area contributed by atoms with Crippen LogP contribution in [-0.4, -0.2) is 23.5 Å². The number of carboxylic acid groups (broad SMARTS) is 1. The number of carboxylic acids is 1. The monoisotopic (exact) mass is 505 g/mol. The van der Waals surface area contributed by atoms with Crippen molar-refractivity contribution in [2.75, 3.05) is 0 Å². The predicted octanol–water partition coefficient (Wildman–Crippen LogP) is 1.64. The number of benzene rings is 1. The summed E-state index contributed by atoms with van der Waals surface area (Å²) >= 11 is 0. The van der Waals surface area contributed by atoms with Crippen molar-refractivity contribution in [2.24, 2.45) is 0 Å². The van der Waals surface area contributed by atoms with Gasteiger partial charge in [0.1, 0.15) is 6.04 Å². The first-order valence-electron chi connectivity index (χ1n) is 5.79. The maximum absolute atomic E-state index is 10.9. The van der Waals surface area contributed by atoms with Crippen LogP contribution in [0.5, 0.6) is 0 Å². The molecule has 0 fully saturated rings. The first-order chi connectivity index (χ1) is 8.34. The number of nitrogens with one attached hydrogen (secondary N) is 1. The molecule has 0 heterocycles. The average Bonchev–Trinajstić information content (AvgIpc) is 2.28. The smallest absolute Gasteiger partial charge is 0.323 e. The molecule has 0 aliphatic heterocycles. The van der Waals surface area contributed by atoms with Crippen LogP contribution in [0, 0.1) is 0 Å². The van der Waals surface area contributed by atoms with E-state index in [2.05, 4.69) is 26.1 Å². The summed E-state index contributed by atoms with van der Waals surface area (Å²) in [7, 11) is 0. The summed E-state index contributed by atoms with van der Waals surface area (Å²) in [6.07, 6.45) is 1.68. The SMILES string of the molecule is CC(C)(C)c1ccc(CC(N[C-]=O)C(=O)O)cc1.[Fm]. The number of carbonyl (C=O) groups is 1. The molecule has 0 aliphatic carbocycles. The molecule has 19 heavy (non-hydrogen) atoms. The third-order valence-corrected chi connectivity index (χ3v) is 2.79. The van der Waals surface area contributed by atoms with Gasteiger partial charge in [-0.2, -0.15) is 6.41 Å². The molecule has 0 spiro atoms. The molecule has 2 N–H and O–H groups in total. The van der Waals surface area contributed by atoms with Gasteiger partial charge in [-0.15, -0.1) is 0 Å². The van der Waals surface area contributed by atoms with Crippen LogP contribution in [0.3, 0.4) is 0 Å². The fraction of sp³-hybridized carbons (Fsp3) is 0.429. The summed E-state index contributed by atoms with van der Waals surface area (Å²) < 4.78 is 0. The van der Waals surface area contributed by atoms with Crippen LogP contribution < -0.4 is 5.32 Å². The second kappa shape index (κ2) is 6.19. The molecule has 1 unspecified atom stereocenters. The number of rotatable bonds is 5. The van der Waals surface area contributed by atoms with Gasteiger partial charge in [0.2, 0.25) is 0 Å². The summed E-state index contributed by atoms with van der Waals surface area (Å²) in [6, 6.07) is 6.83. The Bertz CT molecular complexity index is 423. The Morgan fingerprint density at radius 3 is 2.21 bits per heavy atom. The Morgan fingerprint density at radius 1 is 1.32 bits per heavy atom. The number of carbonyl (C=O) groups excluding carboxylic acids is 1. The summed E-state index contributed by atoms with van der Waals surface area (Å²) in [5.41, 5.74) is 2.13. The van der Waals surface area contributed by atoms with E-state index in [4.69, 9.17) is 5.11 Å². The van der Waals surface area contributed by atoms with Gasteiger partial charge >= 0.3 is 5.97 Å². The van der Waals surface area contributed by atoms with E-state index in [0.717, 1.165) is 5.56 Å². The van der Waals surface area contributed by atoms with Gasteiger partial charge in [0.25, 0.3) is 0 Å². The summed E-state index contributed by atoms with van der Waals surface area (Å²) in [5.74, 6) is -1.06. The average molecular weight is 505 g/mol. The van der Waals surface area contributed by atoms with Crippen LogP contribution >= 0.6 is 0 Å². The van der Waals surface area contributed by atoms with E-state index in [0.29, 0.717) is 0 Å². The van der Waals surface area contributed by atoms with Crippen LogP contribution in [0.4, 0.5) is 0 Å². The van der Waals surface area contributed by atoms with Crippen molar-refractivity contribution in [3.8, 4) is 0 Å². The van der Waals surface area contributed by atoms with Gasteiger partial charge in [-0.25, -0.2) is 0 Å². The topological polar surface area (TPSA) is 66.4 Å². The largest absolute Gasteiger partial charge is 0.520 e. The zero-order valence-corrected chi connectivity index (χ0v) is 13.6. The zero-order valence-electron chi connectivity index (χ0n) is 11.1. The van der Waals surface area contributed by atoms with Crippen LogP contribution in [0.15, 0.2) is 24.3 Å². The van der Waals surface area contributed by atoms with Crippen molar-refractivity contribution >= 4 is 12.4 Å². The Hall–Kier alpha value is -2.84. The second-order valence-corrected chi connectivity index (χ2v) is 5.29. The summed E-state index contributed by atoms with van der Waals surface area (Å²) in [6.45, 7) is 6.35. The molecule has 1 aromatic carbocycles. The summed E-state index contributed by atoms with van der Waals surface area (Å²) in [5, 5.41) is 11.1. The fourth-order valence-corrected chi connectivity index (χ4v) is 1.65. The molecule has 0 radical (unpaired) electrons. The number of amides is 1. The van der Waals surface area contributed by atoms with Crippen LogP contribution in [0.2, 0.25) is 0 Å². The molecule has 5 heteroatoms. The van der Waals surface area contributed by atoms with Crippen LogP contribution in [0.1, 0.15) is 31.9 Å². The maximum atomic E-state index is 10.9. The molecule has 0 aliphatic rings. The van der Waals surface area contributed by atoms with Crippen molar-refractivity contribution < 1.29 is 14.7 Å². The minimum atomic E-state index is -1.06. The third-order valence-electron chi connectivity index (χ3n) is 2.79. The van der Waals surface area contributed by atoms with Gasteiger partial charge < -0.3 is 15.2 Å². The summed E-state index contributed by atoms with van der Waals surface area (Å²) in [4.78, 5) is 21.1. The molecule has 1 rings (SSSR count). The molecule has 0 aromatic heterocycles. The molecular formula is C14H18FmNO3-. The van der Waals surface area contributed by atoms with Gasteiger partial charge in [-0.1, -0.05) is 45.0 Å². The maximum Gasteiger partial charge on any atom is 0.323 e. The Kier molecular flexibility index (Phi) is 5.26. The Labute approximate surface area is 107 Å². The number of aliphatic carboxylic acids is 1. The van der Waals surface area contributed by atoms with Crippen molar-refractivity contribution in [2.45, 2.75) is 38.6 Å². The standard InChI is InChI=1S/C14H18NO3.Fm/c1-14(2,3)11-6-4-10(5-7-11)8-12(13(17)18)15-9-16;/h4-7,12H,8H2,1-3H3,(H,15,16)(H,17,18);/q-1;. The normalized spacial score (nSPS) is 12.2. The molecule has 4 nitrogen and oxygen atoms in total.